The van der Waals surface area contributed by atoms with E-state index in [-0.39, 0.29) is 17.0 Å². The Morgan fingerprint density at radius 3 is 2.14 bits per heavy atom. The van der Waals surface area contributed by atoms with Gasteiger partial charge in [0.2, 0.25) is 10.0 Å². The molecular formula is C33H42N2O5S2. The molecule has 9 heteroatoms. The maximum Gasteiger partial charge on any atom is 0.339 e. The van der Waals surface area contributed by atoms with Gasteiger partial charge in [-0.25, -0.2) is 13.2 Å². The fourth-order valence-electron chi connectivity index (χ4n) is 5.77. The molecule has 3 aromatic rings. The maximum atomic E-state index is 15.0. The Balaban J connectivity index is 2.04. The minimum absolute atomic E-state index is 0.118. The van der Waals surface area contributed by atoms with Gasteiger partial charge in [-0.3, -0.25) is 0 Å². The van der Waals surface area contributed by atoms with Crippen molar-refractivity contribution in [3.8, 4) is 5.75 Å². The Hall–Kier alpha value is -3.01. The number of ether oxygens (including phenoxy) is 2. The standard InChI is InChI=1S/C33H42N2O5S2/c1-6-8-19-33(20-9-7-2)24-34(26-13-11-10-12-14-26)29-22-30(41-5)28(32(36)40-4)21-31(29)42(37,38)35(33)23-25-15-17-27(39-3)18-16-25/h10-18,21-22H,6-9,19-20,23-24H2,1-5H3. The van der Waals surface area contributed by atoms with Crippen molar-refractivity contribution in [2.45, 2.75) is 74.2 Å². The second-order valence-electron chi connectivity index (χ2n) is 10.7. The van der Waals surface area contributed by atoms with Crippen molar-refractivity contribution in [3.05, 3.63) is 77.9 Å². The molecule has 1 aliphatic heterocycles. The van der Waals surface area contributed by atoms with Gasteiger partial charge in [-0.2, -0.15) is 4.31 Å². The van der Waals surface area contributed by atoms with Crippen molar-refractivity contribution < 1.29 is 22.7 Å². The zero-order chi connectivity index (χ0) is 30.3. The number of para-hydroxylation sites is 1. The lowest BCUT2D eigenvalue weighted by molar-refractivity contribution is 0.0596. The highest BCUT2D eigenvalue weighted by Gasteiger charge is 2.49. The van der Waals surface area contributed by atoms with Gasteiger partial charge in [-0.05, 0) is 61.1 Å². The second-order valence-corrected chi connectivity index (χ2v) is 13.4. The van der Waals surface area contributed by atoms with Crippen LogP contribution in [0.3, 0.4) is 0 Å². The van der Waals surface area contributed by atoms with Gasteiger partial charge in [0, 0.05) is 23.7 Å². The van der Waals surface area contributed by atoms with Crippen LogP contribution in [0.1, 0.15) is 68.3 Å². The Bertz CT molecular complexity index is 1450. The van der Waals surface area contributed by atoms with Gasteiger partial charge >= 0.3 is 5.97 Å². The average molecular weight is 611 g/mol. The number of rotatable bonds is 12. The molecule has 0 saturated carbocycles. The molecule has 3 aromatic carbocycles. The Kier molecular flexibility index (Phi) is 10.6. The molecule has 0 radical (unpaired) electrons. The average Bonchev–Trinajstić information content (AvgIpc) is 3.10. The number of hydrogen-bond acceptors (Lipinski definition) is 7. The molecule has 1 aliphatic rings. The van der Waals surface area contributed by atoms with Crippen molar-refractivity contribution in [2.24, 2.45) is 0 Å². The number of fused-ring (bicyclic) bond motifs is 1. The fourth-order valence-corrected chi connectivity index (χ4v) is 8.37. The van der Waals surface area contributed by atoms with Crippen LogP contribution in [-0.2, 0) is 21.3 Å². The predicted octanol–water partition coefficient (Wildman–Crippen LogP) is 7.67. The monoisotopic (exact) mass is 610 g/mol. The first kappa shape index (κ1) is 31.9. The molecular weight excluding hydrogens is 569 g/mol. The predicted molar refractivity (Wildman–Crippen MR) is 171 cm³/mol. The van der Waals surface area contributed by atoms with Crippen LogP contribution in [0.5, 0.6) is 5.75 Å². The first-order valence-corrected chi connectivity index (χ1v) is 17.2. The Morgan fingerprint density at radius 2 is 1.60 bits per heavy atom. The van der Waals surface area contributed by atoms with E-state index >= 15 is 8.42 Å². The summed E-state index contributed by atoms with van der Waals surface area (Å²) in [7, 11) is -1.15. The van der Waals surface area contributed by atoms with E-state index in [1.165, 1.54) is 24.9 Å². The smallest absolute Gasteiger partial charge is 0.339 e. The summed E-state index contributed by atoms with van der Waals surface area (Å²) in [6.45, 7) is 4.98. The van der Waals surface area contributed by atoms with Crippen LogP contribution in [0.2, 0.25) is 0 Å². The largest absolute Gasteiger partial charge is 0.497 e. The number of nitrogens with zero attached hydrogens (tertiary/aromatic N) is 2. The lowest BCUT2D eigenvalue weighted by Gasteiger charge is -2.44. The van der Waals surface area contributed by atoms with Gasteiger partial charge in [0.15, 0.2) is 0 Å². The topological polar surface area (TPSA) is 76.2 Å². The third-order valence-electron chi connectivity index (χ3n) is 8.07. The highest BCUT2D eigenvalue weighted by molar-refractivity contribution is 7.98. The maximum absolute atomic E-state index is 15.0. The molecule has 0 fully saturated rings. The summed E-state index contributed by atoms with van der Waals surface area (Å²) in [5.41, 5.74) is 1.92. The van der Waals surface area contributed by atoms with Crippen LogP contribution in [0.4, 0.5) is 11.4 Å². The molecule has 0 spiro atoms. The number of esters is 1. The van der Waals surface area contributed by atoms with Gasteiger partial charge in [-0.1, -0.05) is 69.9 Å². The minimum Gasteiger partial charge on any atom is -0.497 e. The quantitative estimate of drug-likeness (QED) is 0.154. The Morgan fingerprint density at radius 1 is 0.952 bits per heavy atom. The number of hydrogen-bond donors (Lipinski definition) is 0. The summed E-state index contributed by atoms with van der Waals surface area (Å²) in [6.07, 6.45) is 7.00. The molecule has 226 valence electrons. The lowest BCUT2D eigenvalue weighted by Crippen LogP contribution is -2.55. The molecule has 42 heavy (non-hydrogen) atoms. The third kappa shape index (κ3) is 6.48. The first-order valence-electron chi connectivity index (χ1n) is 14.5. The summed E-state index contributed by atoms with van der Waals surface area (Å²) in [5, 5.41) is 0. The van der Waals surface area contributed by atoms with Crippen molar-refractivity contribution >= 4 is 39.1 Å². The van der Waals surface area contributed by atoms with Crippen molar-refractivity contribution in [2.75, 3.05) is 31.9 Å². The van der Waals surface area contributed by atoms with E-state index in [1.54, 1.807) is 11.4 Å². The molecule has 0 saturated heterocycles. The van der Waals surface area contributed by atoms with Gasteiger partial charge < -0.3 is 14.4 Å². The van der Waals surface area contributed by atoms with Gasteiger partial charge in [0.1, 0.15) is 10.6 Å². The van der Waals surface area contributed by atoms with E-state index in [1.807, 2.05) is 66.9 Å². The van der Waals surface area contributed by atoms with E-state index in [9.17, 15) is 4.79 Å². The summed E-state index contributed by atoms with van der Waals surface area (Å²) >= 11 is 1.40. The van der Waals surface area contributed by atoms with Crippen LogP contribution in [0.25, 0.3) is 0 Å². The highest BCUT2D eigenvalue weighted by Crippen LogP contribution is 2.47. The number of carbonyl (C=O) groups excluding carboxylic acids is 1. The van der Waals surface area contributed by atoms with Crippen LogP contribution in [0.15, 0.2) is 76.5 Å². The number of sulfonamides is 1. The van der Waals surface area contributed by atoms with E-state index in [4.69, 9.17) is 9.47 Å². The summed E-state index contributed by atoms with van der Waals surface area (Å²) in [5.74, 6) is 0.159. The Labute approximate surface area is 255 Å². The van der Waals surface area contributed by atoms with E-state index in [0.29, 0.717) is 22.9 Å². The third-order valence-corrected chi connectivity index (χ3v) is 10.8. The van der Waals surface area contributed by atoms with E-state index < -0.39 is 21.5 Å². The highest BCUT2D eigenvalue weighted by atomic mass is 32.2. The zero-order valence-electron chi connectivity index (χ0n) is 25.3. The number of thioether (sulfide) groups is 1. The number of methoxy groups -OCH3 is 2. The molecule has 0 bridgehead atoms. The summed E-state index contributed by atoms with van der Waals surface area (Å²) < 4.78 is 42.3. The molecule has 0 unspecified atom stereocenters. The van der Waals surface area contributed by atoms with E-state index in [0.717, 1.165) is 49.8 Å². The van der Waals surface area contributed by atoms with Gasteiger partial charge in [-0.15, -0.1) is 11.8 Å². The van der Waals surface area contributed by atoms with E-state index in [2.05, 4.69) is 18.7 Å². The molecule has 0 N–H and O–H groups in total. The number of benzene rings is 3. The van der Waals surface area contributed by atoms with Gasteiger partial charge in [0.05, 0.1) is 31.0 Å². The lowest BCUT2D eigenvalue weighted by atomic mass is 9.85. The summed E-state index contributed by atoms with van der Waals surface area (Å²) in [4.78, 5) is 15.8. The molecule has 4 rings (SSSR count). The second kappa shape index (κ2) is 14.0. The molecule has 0 atom stereocenters. The number of anilines is 2. The SMILES string of the molecule is CCCCC1(CCCC)CN(c2ccccc2)c2cc(SC)c(C(=O)OC)cc2S(=O)(=O)N1Cc1ccc(OC)cc1. The zero-order valence-corrected chi connectivity index (χ0v) is 26.9. The van der Waals surface area contributed by atoms with Crippen molar-refractivity contribution in [1.29, 1.82) is 0 Å². The normalized spacial score (nSPS) is 16.0. The van der Waals surface area contributed by atoms with Crippen LogP contribution < -0.4 is 9.64 Å². The molecule has 1 heterocycles. The number of unbranched alkanes of at least 4 members (excludes halogenated alkanes) is 2. The molecule has 7 nitrogen and oxygen atoms in total. The van der Waals surface area contributed by atoms with Crippen molar-refractivity contribution in [3.63, 3.8) is 0 Å². The number of carbonyl (C=O) groups is 1. The van der Waals surface area contributed by atoms with Crippen LogP contribution in [-0.4, -0.2) is 51.3 Å². The van der Waals surface area contributed by atoms with Crippen molar-refractivity contribution in [1.82, 2.24) is 4.31 Å². The summed E-state index contributed by atoms with van der Waals surface area (Å²) in [6, 6.07) is 20.9. The molecule has 0 aromatic heterocycles. The first-order chi connectivity index (χ1) is 20.2. The van der Waals surface area contributed by atoms with Crippen LogP contribution >= 0.6 is 11.8 Å². The fraction of sp³-hybridized carbons (Fsp3) is 0.424. The van der Waals surface area contributed by atoms with Gasteiger partial charge in [0.25, 0.3) is 0 Å². The van der Waals surface area contributed by atoms with Crippen LogP contribution in [0, 0.1) is 0 Å². The molecule has 0 amide bonds. The molecule has 0 aliphatic carbocycles. The minimum atomic E-state index is -4.09.